The molecule has 8 rings (SSSR count). The van der Waals surface area contributed by atoms with Gasteiger partial charge in [0.2, 0.25) is 0 Å². The second-order valence-electron chi connectivity index (χ2n) is 27.0. The van der Waals surface area contributed by atoms with Crippen molar-refractivity contribution in [1.29, 1.82) is 0 Å². The first-order valence-corrected chi connectivity index (χ1v) is 33.5. The molecule has 0 amide bonds. The standard InChI is InChI=1S/C68H84N2Si2/c1-47-23-21-20-22-24-58(69(54-35-26-50(27-36-54)64(2,3)4)55-37-28-51(29-38-55)65(5,6)7)46-62-63(47)60-44-48-25-34-59(43-49(48)45-61(60)68(62,71(14,15)16)72(17,18)19)70(56-39-30-52(31-40-56)66(8,9)10)57-41-32-53(33-42-57)67(11,12)13/h20-23,25-46H,1,24H2,2-19H3/b22-20-,23-21-,58-46+. The quantitative estimate of drug-likeness (QED) is 0.140. The van der Waals surface area contributed by atoms with E-state index in [1.54, 1.807) is 0 Å². The Kier molecular flexibility index (Phi) is 13.6. The van der Waals surface area contributed by atoms with Crippen molar-refractivity contribution in [3.05, 3.63) is 215 Å². The van der Waals surface area contributed by atoms with Crippen molar-refractivity contribution in [3.8, 4) is 0 Å². The van der Waals surface area contributed by atoms with Crippen LogP contribution in [0.4, 0.5) is 28.4 Å². The van der Waals surface area contributed by atoms with E-state index >= 15 is 0 Å². The number of hydrogen-bond donors (Lipinski definition) is 0. The summed E-state index contributed by atoms with van der Waals surface area (Å²) in [6.45, 7) is 48.3. The van der Waals surface area contributed by atoms with Gasteiger partial charge in [0, 0.05) is 45.2 Å². The summed E-state index contributed by atoms with van der Waals surface area (Å²) < 4.78 is -0.164. The van der Waals surface area contributed by atoms with Crippen molar-refractivity contribution < 1.29 is 0 Å². The summed E-state index contributed by atoms with van der Waals surface area (Å²) in [5.41, 5.74) is 19.3. The topological polar surface area (TPSA) is 6.48 Å². The van der Waals surface area contributed by atoms with Gasteiger partial charge in [-0.3, -0.25) is 0 Å². The van der Waals surface area contributed by atoms with Crippen LogP contribution >= 0.6 is 0 Å². The molecule has 4 heteroatoms. The zero-order valence-electron chi connectivity index (χ0n) is 47.3. The lowest BCUT2D eigenvalue weighted by Gasteiger charge is -2.52. The van der Waals surface area contributed by atoms with Gasteiger partial charge in [0.15, 0.2) is 0 Å². The van der Waals surface area contributed by atoms with E-state index in [0.29, 0.717) is 0 Å². The Bertz CT molecular complexity index is 2990. The van der Waals surface area contributed by atoms with Crippen molar-refractivity contribution in [1.82, 2.24) is 0 Å². The van der Waals surface area contributed by atoms with Crippen molar-refractivity contribution in [2.24, 2.45) is 0 Å². The zero-order chi connectivity index (χ0) is 52.6. The summed E-state index contributed by atoms with van der Waals surface area (Å²) >= 11 is 0. The molecule has 72 heavy (non-hydrogen) atoms. The van der Waals surface area contributed by atoms with Crippen LogP contribution in [0.5, 0.6) is 0 Å². The van der Waals surface area contributed by atoms with E-state index in [1.165, 1.54) is 72.4 Å². The summed E-state index contributed by atoms with van der Waals surface area (Å²) in [5.74, 6) is 0. The average molecular weight is 986 g/mol. The maximum Gasteiger partial charge on any atom is 0.0579 e. The van der Waals surface area contributed by atoms with Gasteiger partial charge in [-0.15, -0.1) is 0 Å². The molecule has 2 aliphatic carbocycles. The summed E-state index contributed by atoms with van der Waals surface area (Å²) in [4.78, 5) is 5.00. The number of hydrogen-bond acceptors (Lipinski definition) is 2. The van der Waals surface area contributed by atoms with Gasteiger partial charge in [0.1, 0.15) is 0 Å². The van der Waals surface area contributed by atoms with E-state index in [0.717, 1.165) is 29.1 Å². The minimum absolute atomic E-state index is 0.0461. The van der Waals surface area contributed by atoms with E-state index in [9.17, 15) is 0 Å². The first-order chi connectivity index (χ1) is 33.4. The highest BCUT2D eigenvalue weighted by atomic mass is 28.4. The first kappa shape index (κ1) is 52.6. The maximum atomic E-state index is 4.94. The molecule has 0 aromatic heterocycles. The van der Waals surface area contributed by atoms with Gasteiger partial charge in [-0.2, -0.15) is 0 Å². The average Bonchev–Trinajstić information content (AvgIpc) is 3.58. The van der Waals surface area contributed by atoms with Crippen LogP contribution in [0.2, 0.25) is 39.3 Å². The molecule has 2 nitrogen and oxygen atoms in total. The SMILES string of the molecule is C=C1/C=C\C=C/C/C(N(c2ccc(C(C)(C)C)cc2)c2ccc(C(C)(C)C)cc2)=C\C2=C1c1cc3ccc(N(c4ccc(C(C)(C)C)cc4)c4ccc(C(C)(C)C)cc4)cc3cc1C2([Si](C)(C)C)[Si](C)(C)C. The summed E-state index contributed by atoms with van der Waals surface area (Å²) in [7, 11) is -4.34. The third kappa shape index (κ3) is 9.91. The number of nitrogens with zero attached hydrogens (tertiary/aromatic N) is 2. The van der Waals surface area contributed by atoms with E-state index < -0.39 is 16.1 Å². The van der Waals surface area contributed by atoms with Crippen molar-refractivity contribution in [2.45, 2.75) is 155 Å². The monoisotopic (exact) mass is 985 g/mol. The molecular weight excluding hydrogens is 901 g/mol. The second-order valence-corrected chi connectivity index (χ2v) is 38.0. The van der Waals surface area contributed by atoms with Crippen LogP contribution in [-0.2, 0) is 26.3 Å². The molecule has 0 bridgehead atoms. The molecule has 0 spiro atoms. The molecule has 0 N–H and O–H groups in total. The van der Waals surface area contributed by atoms with Crippen molar-refractivity contribution in [3.63, 3.8) is 0 Å². The van der Waals surface area contributed by atoms with Crippen LogP contribution in [0.1, 0.15) is 123 Å². The number of anilines is 5. The van der Waals surface area contributed by atoms with Gasteiger partial charge < -0.3 is 9.80 Å². The normalized spacial score (nSPS) is 17.2. The predicted octanol–water partition coefficient (Wildman–Crippen LogP) is 20.1. The summed E-state index contributed by atoms with van der Waals surface area (Å²) in [6, 6.07) is 49.5. The molecule has 6 aromatic rings. The largest absolute Gasteiger partial charge is 0.314 e. The molecular formula is C68H84N2Si2. The fraction of sp³-hybridized carbons (Fsp3) is 0.353. The molecule has 6 aromatic carbocycles. The second kappa shape index (κ2) is 18.7. The van der Waals surface area contributed by atoms with E-state index in [-0.39, 0.29) is 26.3 Å². The molecule has 2 aliphatic rings. The van der Waals surface area contributed by atoms with Crippen molar-refractivity contribution in [2.75, 3.05) is 9.80 Å². The van der Waals surface area contributed by atoms with Crippen molar-refractivity contribution >= 4 is 60.9 Å². The lowest BCUT2D eigenvalue weighted by molar-refractivity contribution is 0.590. The Labute approximate surface area is 438 Å². The Morgan fingerprint density at radius 1 is 0.444 bits per heavy atom. The summed E-state index contributed by atoms with van der Waals surface area (Å²) in [5, 5.41) is 2.51. The minimum atomic E-state index is -2.17. The Morgan fingerprint density at radius 3 is 1.22 bits per heavy atom. The predicted molar refractivity (Wildman–Crippen MR) is 324 cm³/mol. The van der Waals surface area contributed by atoms with Crippen LogP contribution in [0.15, 0.2) is 181 Å². The van der Waals surface area contributed by atoms with Crippen LogP contribution in [0.3, 0.4) is 0 Å². The minimum Gasteiger partial charge on any atom is -0.314 e. The molecule has 0 saturated carbocycles. The highest BCUT2D eigenvalue weighted by molar-refractivity contribution is 6.99. The lowest BCUT2D eigenvalue weighted by Crippen LogP contribution is -2.63. The maximum absolute atomic E-state index is 4.94. The molecule has 0 radical (unpaired) electrons. The van der Waals surface area contributed by atoms with Gasteiger partial charge in [-0.05, 0) is 155 Å². The van der Waals surface area contributed by atoms with Crippen LogP contribution < -0.4 is 9.80 Å². The molecule has 0 aliphatic heterocycles. The van der Waals surface area contributed by atoms with Gasteiger partial charge in [-0.1, -0.05) is 214 Å². The van der Waals surface area contributed by atoms with E-state index in [2.05, 4.69) is 290 Å². The Hall–Kier alpha value is -5.69. The Balaban J connectivity index is 1.39. The number of fused-ring (bicyclic) bond motifs is 3. The van der Waals surface area contributed by atoms with Crippen LogP contribution in [0, 0.1) is 0 Å². The number of rotatable bonds is 8. The van der Waals surface area contributed by atoms with Gasteiger partial charge >= 0.3 is 0 Å². The highest BCUT2D eigenvalue weighted by Crippen LogP contribution is 2.60. The van der Waals surface area contributed by atoms with Gasteiger partial charge in [0.05, 0.1) is 16.1 Å². The van der Waals surface area contributed by atoms with Crippen LogP contribution in [0.25, 0.3) is 16.3 Å². The fourth-order valence-corrected chi connectivity index (χ4v) is 25.0. The molecule has 0 fully saturated rings. The van der Waals surface area contributed by atoms with Gasteiger partial charge in [-0.25, -0.2) is 0 Å². The number of allylic oxidation sites excluding steroid dienone is 8. The van der Waals surface area contributed by atoms with Gasteiger partial charge in [0.25, 0.3) is 0 Å². The third-order valence-corrected chi connectivity index (χ3v) is 25.6. The third-order valence-electron chi connectivity index (χ3n) is 15.6. The van der Waals surface area contributed by atoms with E-state index in [1.807, 2.05) is 0 Å². The molecule has 0 unspecified atom stereocenters. The molecule has 0 heterocycles. The molecule has 374 valence electrons. The fourth-order valence-electron chi connectivity index (χ4n) is 12.0. The summed E-state index contributed by atoms with van der Waals surface area (Å²) in [6.07, 6.45) is 12.4. The number of benzene rings is 6. The smallest absolute Gasteiger partial charge is 0.0579 e. The first-order valence-electron chi connectivity index (χ1n) is 26.5. The molecule has 0 saturated heterocycles. The molecule has 0 atom stereocenters. The highest BCUT2D eigenvalue weighted by Gasteiger charge is 2.60. The van der Waals surface area contributed by atoms with Crippen LogP contribution in [-0.4, -0.2) is 16.1 Å². The zero-order valence-corrected chi connectivity index (χ0v) is 49.3. The Morgan fingerprint density at radius 2 is 0.833 bits per heavy atom. The van der Waals surface area contributed by atoms with E-state index in [4.69, 9.17) is 6.58 Å². The lowest BCUT2D eigenvalue weighted by atomic mass is 9.86.